The van der Waals surface area contributed by atoms with Crippen molar-refractivity contribution in [1.82, 2.24) is 20.5 Å². The number of piperidine rings is 1. The fourth-order valence-electron chi connectivity index (χ4n) is 3.64. The van der Waals surface area contributed by atoms with Crippen LogP contribution in [0.15, 0.2) is 63.5 Å². The maximum Gasteiger partial charge on any atom is 0.236 e. The average Bonchev–Trinajstić information content (AvgIpc) is 3.46. The van der Waals surface area contributed by atoms with Crippen LogP contribution in [0.25, 0.3) is 10.8 Å². The molecular weight excluding hydrogens is 521 g/mol. The van der Waals surface area contributed by atoms with E-state index in [2.05, 4.69) is 57.8 Å². The first kappa shape index (κ1) is 23.7. The second-order valence-corrected chi connectivity index (χ2v) is 8.44. The van der Waals surface area contributed by atoms with Crippen molar-refractivity contribution in [2.24, 2.45) is 4.99 Å². The molecule has 8 heteroatoms. The van der Waals surface area contributed by atoms with Gasteiger partial charge in [0.25, 0.3) is 0 Å². The van der Waals surface area contributed by atoms with Crippen molar-refractivity contribution >= 4 is 41.3 Å². The normalized spacial score (nSPS) is 15.5. The molecule has 3 aromatic rings. The van der Waals surface area contributed by atoms with Crippen molar-refractivity contribution in [2.45, 2.75) is 38.9 Å². The fraction of sp³-hybridized carbons (Fsp3) is 0.391. The zero-order valence-electron chi connectivity index (χ0n) is 17.8. The van der Waals surface area contributed by atoms with Crippen molar-refractivity contribution in [3.63, 3.8) is 0 Å². The minimum Gasteiger partial charge on any atom is -0.443 e. The van der Waals surface area contributed by atoms with Crippen LogP contribution in [-0.2, 0) is 13.1 Å². The summed E-state index contributed by atoms with van der Waals surface area (Å²) in [5, 5.41) is 8.98. The van der Waals surface area contributed by atoms with Crippen LogP contribution in [0, 0.1) is 0 Å². The molecule has 0 atom stereocenters. The van der Waals surface area contributed by atoms with Gasteiger partial charge in [-0.15, -0.1) is 35.3 Å². The topological polar surface area (TPSA) is 65.7 Å². The summed E-state index contributed by atoms with van der Waals surface area (Å²) in [4.78, 5) is 12.8. The molecule has 0 radical (unpaired) electrons. The van der Waals surface area contributed by atoms with Crippen LogP contribution in [-0.4, -0.2) is 41.5 Å². The lowest BCUT2D eigenvalue weighted by molar-refractivity contribution is 0.198. The van der Waals surface area contributed by atoms with Gasteiger partial charge in [-0.2, -0.15) is 0 Å². The van der Waals surface area contributed by atoms with Crippen LogP contribution >= 0.6 is 35.3 Å². The monoisotopic (exact) mass is 551 g/mol. The van der Waals surface area contributed by atoms with E-state index in [1.807, 2.05) is 17.5 Å². The minimum absolute atomic E-state index is 0. The SMILES string of the molecule is CCNC(=NCc1coc(-c2cccs2)n1)NC1CCN(Cc2ccccc2)CC1.I. The second kappa shape index (κ2) is 12.2. The fourth-order valence-corrected chi connectivity index (χ4v) is 4.30. The Bertz CT molecular complexity index is 921. The molecule has 1 fully saturated rings. The van der Waals surface area contributed by atoms with E-state index in [1.54, 1.807) is 17.6 Å². The Kier molecular flexibility index (Phi) is 9.35. The molecule has 0 unspecified atom stereocenters. The standard InChI is InChI=1S/C23H29N5OS.HI/c1-2-24-23(25-15-20-17-29-22(26-20)21-9-6-14-30-21)27-19-10-12-28(13-11-19)16-18-7-4-3-5-8-18;/h3-9,14,17,19H,2,10-13,15-16H2,1H3,(H2,24,25,27);1H. The number of aliphatic imine (C=N–C) groups is 1. The van der Waals surface area contributed by atoms with Crippen molar-refractivity contribution in [3.8, 4) is 10.8 Å². The molecule has 0 bridgehead atoms. The summed E-state index contributed by atoms with van der Waals surface area (Å²) in [6.07, 6.45) is 3.93. The molecule has 1 aliphatic heterocycles. The molecule has 1 saturated heterocycles. The van der Waals surface area contributed by atoms with Gasteiger partial charge in [-0.3, -0.25) is 4.90 Å². The van der Waals surface area contributed by atoms with Gasteiger partial charge in [0.15, 0.2) is 5.96 Å². The number of nitrogens with zero attached hydrogens (tertiary/aromatic N) is 3. The Balaban J connectivity index is 0.00000272. The lowest BCUT2D eigenvalue weighted by Crippen LogP contribution is -2.48. The number of oxazole rings is 1. The van der Waals surface area contributed by atoms with E-state index in [4.69, 9.17) is 9.41 Å². The summed E-state index contributed by atoms with van der Waals surface area (Å²) >= 11 is 1.62. The maximum absolute atomic E-state index is 5.60. The summed E-state index contributed by atoms with van der Waals surface area (Å²) in [5.41, 5.74) is 2.22. The highest BCUT2D eigenvalue weighted by atomic mass is 127. The Morgan fingerprint density at radius 1 is 1.19 bits per heavy atom. The summed E-state index contributed by atoms with van der Waals surface area (Å²) < 4.78 is 5.60. The zero-order valence-corrected chi connectivity index (χ0v) is 20.9. The molecule has 0 spiro atoms. The van der Waals surface area contributed by atoms with E-state index in [0.29, 0.717) is 18.5 Å². The molecule has 0 aliphatic carbocycles. The Morgan fingerprint density at radius 2 is 2.00 bits per heavy atom. The van der Waals surface area contributed by atoms with Gasteiger partial charge in [0, 0.05) is 32.2 Å². The number of nitrogens with one attached hydrogen (secondary N) is 2. The Labute approximate surface area is 205 Å². The molecule has 6 nitrogen and oxygen atoms in total. The summed E-state index contributed by atoms with van der Waals surface area (Å²) in [6.45, 7) is 6.64. The highest BCUT2D eigenvalue weighted by molar-refractivity contribution is 14.0. The first-order valence-corrected chi connectivity index (χ1v) is 11.5. The van der Waals surface area contributed by atoms with Gasteiger partial charge >= 0.3 is 0 Å². The molecule has 3 heterocycles. The van der Waals surface area contributed by atoms with Gasteiger partial charge in [-0.25, -0.2) is 9.98 Å². The van der Waals surface area contributed by atoms with E-state index >= 15 is 0 Å². The van der Waals surface area contributed by atoms with Crippen molar-refractivity contribution in [2.75, 3.05) is 19.6 Å². The summed E-state index contributed by atoms with van der Waals surface area (Å²) in [5.74, 6) is 1.51. The first-order valence-electron chi connectivity index (χ1n) is 10.6. The van der Waals surface area contributed by atoms with Crippen molar-refractivity contribution in [1.29, 1.82) is 0 Å². The third kappa shape index (κ3) is 7.05. The van der Waals surface area contributed by atoms with Crippen LogP contribution in [0.1, 0.15) is 31.0 Å². The molecule has 0 amide bonds. The summed E-state index contributed by atoms with van der Waals surface area (Å²) in [6, 6.07) is 15.2. The summed E-state index contributed by atoms with van der Waals surface area (Å²) in [7, 11) is 0. The molecule has 1 aliphatic rings. The minimum atomic E-state index is 0. The lowest BCUT2D eigenvalue weighted by atomic mass is 10.0. The van der Waals surface area contributed by atoms with E-state index < -0.39 is 0 Å². The molecule has 4 rings (SSSR count). The number of thiophene rings is 1. The molecule has 2 N–H and O–H groups in total. The van der Waals surface area contributed by atoms with Gasteiger partial charge in [0.2, 0.25) is 5.89 Å². The molecule has 31 heavy (non-hydrogen) atoms. The van der Waals surface area contributed by atoms with Gasteiger partial charge in [-0.1, -0.05) is 36.4 Å². The molecular formula is C23H30IN5OS. The van der Waals surface area contributed by atoms with Gasteiger partial charge < -0.3 is 15.1 Å². The highest BCUT2D eigenvalue weighted by Gasteiger charge is 2.20. The molecule has 1 aromatic carbocycles. The third-order valence-electron chi connectivity index (χ3n) is 5.20. The number of hydrogen-bond acceptors (Lipinski definition) is 5. The van der Waals surface area contributed by atoms with Gasteiger partial charge in [0.1, 0.15) is 12.0 Å². The predicted octanol–water partition coefficient (Wildman–Crippen LogP) is 4.74. The van der Waals surface area contributed by atoms with E-state index in [0.717, 1.165) is 55.6 Å². The molecule has 166 valence electrons. The molecule has 0 saturated carbocycles. The maximum atomic E-state index is 5.60. The van der Waals surface area contributed by atoms with Crippen molar-refractivity contribution in [3.05, 3.63) is 65.4 Å². The van der Waals surface area contributed by atoms with Gasteiger partial charge in [0.05, 0.1) is 11.4 Å². The highest BCUT2D eigenvalue weighted by Crippen LogP contribution is 2.23. The number of likely N-dealkylation sites (tertiary alicyclic amines) is 1. The van der Waals surface area contributed by atoms with Crippen LogP contribution < -0.4 is 10.6 Å². The van der Waals surface area contributed by atoms with Crippen LogP contribution in [0.2, 0.25) is 0 Å². The number of rotatable bonds is 7. The zero-order chi connectivity index (χ0) is 20.6. The Morgan fingerprint density at radius 3 is 2.71 bits per heavy atom. The van der Waals surface area contributed by atoms with E-state index in [1.165, 1.54) is 5.56 Å². The third-order valence-corrected chi connectivity index (χ3v) is 6.06. The van der Waals surface area contributed by atoms with Crippen LogP contribution in [0.4, 0.5) is 0 Å². The number of halogens is 1. The van der Waals surface area contributed by atoms with Crippen LogP contribution in [0.3, 0.4) is 0 Å². The second-order valence-electron chi connectivity index (χ2n) is 7.50. The predicted molar refractivity (Wildman–Crippen MR) is 138 cm³/mol. The van der Waals surface area contributed by atoms with E-state index in [-0.39, 0.29) is 24.0 Å². The number of hydrogen-bond donors (Lipinski definition) is 2. The quantitative estimate of drug-likeness (QED) is 0.252. The number of benzene rings is 1. The lowest BCUT2D eigenvalue weighted by Gasteiger charge is -2.33. The number of guanidine groups is 1. The largest absolute Gasteiger partial charge is 0.443 e. The average molecular weight is 551 g/mol. The van der Waals surface area contributed by atoms with E-state index in [9.17, 15) is 0 Å². The molecule has 2 aromatic heterocycles. The van der Waals surface area contributed by atoms with Crippen molar-refractivity contribution < 1.29 is 4.42 Å². The smallest absolute Gasteiger partial charge is 0.236 e. The first-order chi connectivity index (χ1) is 14.8. The Hall–Kier alpha value is -1.91. The van der Waals surface area contributed by atoms with Gasteiger partial charge in [-0.05, 0) is 36.8 Å². The number of aromatic nitrogens is 1. The van der Waals surface area contributed by atoms with Crippen LogP contribution in [0.5, 0.6) is 0 Å².